The molecule has 226 valence electrons. The number of rotatable bonds is 8. The highest BCUT2D eigenvalue weighted by atomic mass is 35.5. The number of benzene rings is 2. The molecule has 2 aliphatic heterocycles. The molecule has 0 bridgehead atoms. The Morgan fingerprint density at radius 3 is 2.34 bits per heavy atom. The van der Waals surface area contributed by atoms with Crippen LogP contribution in [-0.4, -0.2) is 87.1 Å². The molecule has 2 saturated heterocycles. The van der Waals surface area contributed by atoms with Crippen molar-refractivity contribution in [3.8, 4) is 0 Å². The summed E-state index contributed by atoms with van der Waals surface area (Å²) in [6.45, 7) is 2.24. The molecule has 1 N–H and O–H groups in total. The fourth-order valence-electron chi connectivity index (χ4n) is 5.60. The highest BCUT2D eigenvalue weighted by Gasteiger charge is 2.39. The third kappa shape index (κ3) is 8.32. The number of hydrogen-bond donors (Lipinski definition) is 1. The highest BCUT2D eigenvalue weighted by Crippen LogP contribution is 2.36. The van der Waals surface area contributed by atoms with E-state index in [1.54, 1.807) is 24.1 Å². The number of nitrogens with zero attached hydrogens (tertiary/aromatic N) is 3. The fraction of sp³-hybridized carbons (Fsp3) is 0.519. The predicted octanol–water partition coefficient (Wildman–Crippen LogP) is 4.59. The van der Waals surface area contributed by atoms with Crippen LogP contribution >= 0.6 is 23.2 Å². The van der Waals surface area contributed by atoms with Crippen LogP contribution in [-0.2, 0) is 27.5 Å². The number of sulfonamides is 1. The Morgan fingerprint density at radius 2 is 1.76 bits per heavy atom. The summed E-state index contributed by atoms with van der Waals surface area (Å²) < 4.78 is 79.0. The number of amides is 1. The maximum absolute atomic E-state index is 14.2. The lowest BCUT2D eigenvalue weighted by Crippen LogP contribution is -2.48. The normalized spacial score (nSPS) is 21.1. The van der Waals surface area contributed by atoms with Crippen molar-refractivity contribution in [2.24, 2.45) is 0 Å². The molecule has 14 heteroatoms. The van der Waals surface area contributed by atoms with Crippen LogP contribution < -0.4 is 4.72 Å². The fourth-order valence-corrected chi connectivity index (χ4v) is 6.75. The van der Waals surface area contributed by atoms with E-state index in [1.165, 1.54) is 6.07 Å². The van der Waals surface area contributed by atoms with Crippen molar-refractivity contribution < 1.29 is 30.8 Å². The molecule has 0 spiro atoms. The minimum absolute atomic E-state index is 0.0824. The molecule has 7 nitrogen and oxygen atoms in total. The van der Waals surface area contributed by atoms with E-state index in [4.69, 9.17) is 23.2 Å². The van der Waals surface area contributed by atoms with Gasteiger partial charge in [0, 0.05) is 50.7 Å². The second-order valence-electron chi connectivity index (χ2n) is 10.8. The predicted molar refractivity (Wildman–Crippen MR) is 150 cm³/mol. The average Bonchev–Trinajstić information content (AvgIpc) is 3.31. The molecule has 2 aromatic carbocycles. The lowest BCUT2D eigenvalue weighted by atomic mass is 9.93. The Bertz CT molecular complexity index is 1370. The summed E-state index contributed by atoms with van der Waals surface area (Å²) in [6.07, 6.45) is -2.45. The summed E-state index contributed by atoms with van der Waals surface area (Å²) in [7, 11) is -1.51. The smallest absolute Gasteiger partial charge is 0.339 e. The molecule has 2 fully saturated rings. The van der Waals surface area contributed by atoms with E-state index < -0.39 is 27.6 Å². The molecule has 2 unspecified atom stereocenters. The van der Waals surface area contributed by atoms with Gasteiger partial charge in [-0.15, -0.1) is 0 Å². The molecule has 0 saturated carbocycles. The first kappa shape index (κ1) is 32.0. The number of piperidine rings is 1. The number of carbonyl (C=O) groups excluding carboxylic acids is 1. The third-order valence-electron chi connectivity index (χ3n) is 7.68. The van der Waals surface area contributed by atoms with Gasteiger partial charge in [0.05, 0.1) is 28.4 Å². The topological polar surface area (TPSA) is 73.0 Å². The van der Waals surface area contributed by atoms with E-state index in [9.17, 15) is 30.8 Å². The van der Waals surface area contributed by atoms with Gasteiger partial charge in [0.1, 0.15) is 5.82 Å². The summed E-state index contributed by atoms with van der Waals surface area (Å²) in [5, 5.41) is 0.756. The number of likely N-dealkylation sites (tertiary alicyclic amines) is 2. The van der Waals surface area contributed by atoms with Crippen molar-refractivity contribution in [3.63, 3.8) is 0 Å². The van der Waals surface area contributed by atoms with Gasteiger partial charge < -0.3 is 4.90 Å². The van der Waals surface area contributed by atoms with Crippen LogP contribution in [0.1, 0.15) is 35.4 Å². The molecule has 2 atom stereocenters. The van der Waals surface area contributed by atoms with Crippen molar-refractivity contribution in [2.45, 2.75) is 43.6 Å². The summed E-state index contributed by atoms with van der Waals surface area (Å²) in [5.41, 5.74) is -0.0783. The van der Waals surface area contributed by atoms with Crippen molar-refractivity contribution in [1.29, 1.82) is 0 Å². The maximum atomic E-state index is 14.2. The van der Waals surface area contributed by atoms with Gasteiger partial charge in [-0.1, -0.05) is 35.3 Å². The Hall–Kier alpha value is -1.96. The SMILES string of the molecule is CN(Cc1ccc(C(F)(F)F)c(F)c1)C1CN(C(=O)CN2CCC(NS(C)(=O)=O)CC2)CC1c1ccc(Cl)c(Cl)c1. The van der Waals surface area contributed by atoms with E-state index in [0.29, 0.717) is 54.6 Å². The lowest BCUT2D eigenvalue weighted by Gasteiger charge is -2.32. The molecule has 2 aliphatic rings. The second-order valence-corrected chi connectivity index (χ2v) is 13.4. The minimum Gasteiger partial charge on any atom is -0.339 e. The van der Waals surface area contributed by atoms with Crippen LogP contribution in [0.15, 0.2) is 36.4 Å². The van der Waals surface area contributed by atoms with Crippen LogP contribution in [0.5, 0.6) is 0 Å². The Kier molecular flexibility index (Phi) is 9.92. The summed E-state index contributed by atoms with van der Waals surface area (Å²) >= 11 is 12.4. The van der Waals surface area contributed by atoms with Crippen LogP contribution in [0.3, 0.4) is 0 Å². The first-order chi connectivity index (χ1) is 19.1. The second kappa shape index (κ2) is 12.7. The van der Waals surface area contributed by atoms with Crippen molar-refractivity contribution in [2.75, 3.05) is 46.0 Å². The number of likely N-dealkylation sites (N-methyl/N-ethyl adjacent to an activating group) is 1. The number of alkyl halides is 3. The molecule has 0 radical (unpaired) electrons. The lowest BCUT2D eigenvalue weighted by molar-refractivity contribution is -0.140. The first-order valence-corrected chi connectivity index (χ1v) is 15.7. The molecule has 2 heterocycles. The monoisotopic (exact) mass is 638 g/mol. The number of halogens is 6. The van der Waals surface area contributed by atoms with Crippen molar-refractivity contribution >= 4 is 39.1 Å². The quantitative estimate of drug-likeness (QED) is 0.428. The van der Waals surface area contributed by atoms with Gasteiger partial charge >= 0.3 is 6.18 Å². The number of nitrogens with one attached hydrogen (secondary N) is 1. The molecule has 1 amide bonds. The zero-order valence-electron chi connectivity index (χ0n) is 22.6. The van der Waals surface area contributed by atoms with Gasteiger partial charge in [-0.25, -0.2) is 17.5 Å². The van der Waals surface area contributed by atoms with Gasteiger partial charge in [-0.3, -0.25) is 14.6 Å². The average molecular weight is 640 g/mol. The van der Waals surface area contributed by atoms with Crippen molar-refractivity contribution in [3.05, 3.63) is 69.0 Å². The maximum Gasteiger partial charge on any atom is 0.419 e. The zero-order chi connectivity index (χ0) is 30.1. The molecule has 0 aliphatic carbocycles. The largest absolute Gasteiger partial charge is 0.419 e. The van der Waals surface area contributed by atoms with Gasteiger partial charge in [-0.2, -0.15) is 13.2 Å². The minimum atomic E-state index is -4.78. The number of carbonyl (C=O) groups is 1. The van der Waals surface area contributed by atoms with Gasteiger partial charge in [0.2, 0.25) is 15.9 Å². The Balaban J connectivity index is 1.47. The van der Waals surface area contributed by atoms with Crippen molar-refractivity contribution in [1.82, 2.24) is 19.4 Å². The van der Waals surface area contributed by atoms with E-state index in [0.717, 1.165) is 24.0 Å². The van der Waals surface area contributed by atoms with Crippen LogP contribution in [0.4, 0.5) is 17.6 Å². The molecule has 2 aromatic rings. The zero-order valence-corrected chi connectivity index (χ0v) is 24.9. The van der Waals surface area contributed by atoms with Gasteiger partial charge in [-0.05, 0) is 55.3 Å². The summed E-state index contributed by atoms with van der Waals surface area (Å²) in [5.74, 6) is -1.59. The molecule has 41 heavy (non-hydrogen) atoms. The van der Waals surface area contributed by atoms with E-state index in [2.05, 4.69) is 4.72 Å². The Labute approximate surface area is 247 Å². The molecule has 0 aromatic heterocycles. The van der Waals surface area contributed by atoms with Crippen LogP contribution in [0, 0.1) is 5.82 Å². The first-order valence-electron chi connectivity index (χ1n) is 13.1. The molecular weight excluding hydrogens is 607 g/mol. The summed E-state index contributed by atoms with van der Waals surface area (Å²) in [4.78, 5) is 19.0. The van der Waals surface area contributed by atoms with Crippen LogP contribution in [0.2, 0.25) is 10.0 Å². The van der Waals surface area contributed by atoms with Crippen LogP contribution in [0.25, 0.3) is 0 Å². The van der Waals surface area contributed by atoms with E-state index >= 15 is 0 Å². The standard InChI is InChI=1S/C27H32Cl2F4N4O3S/c1-35(13-17-3-5-21(24(30)11-17)27(31,32)33)25-15-37(14-20(25)18-4-6-22(28)23(29)12-18)26(38)16-36-9-7-19(8-10-36)34-41(2,39)40/h3-6,11-12,19-20,25,34H,7-10,13-16H2,1-2H3. The van der Waals surface area contributed by atoms with Gasteiger partial charge in [0.25, 0.3) is 0 Å². The highest BCUT2D eigenvalue weighted by molar-refractivity contribution is 7.88. The summed E-state index contributed by atoms with van der Waals surface area (Å²) in [6, 6.07) is 7.78. The molecular formula is C27H32Cl2F4N4O3S. The third-order valence-corrected chi connectivity index (χ3v) is 9.18. The molecule has 4 rings (SSSR count). The van der Waals surface area contributed by atoms with E-state index in [-0.39, 0.29) is 37.0 Å². The number of hydrogen-bond acceptors (Lipinski definition) is 5. The van der Waals surface area contributed by atoms with Gasteiger partial charge in [0.15, 0.2) is 0 Å². The van der Waals surface area contributed by atoms with E-state index in [1.807, 2.05) is 15.9 Å². The Morgan fingerprint density at radius 1 is 1.07 bits per heavy atom.